The van der Waals surface area contributed by atoms with E-state index in [0.29, 0.717) is 17.1 Å². The first-order valence-corrected chi connectivity index (χ1v) is 20.6. The molecule has 0 saturated heterocycles. The summed E-state index contributed by atoms with van der Waals surface area (Å²) in [4.78, 5) is 10.5. The van der Waals surface area contributed by atoms with Crippen LogP contribution in [0.25, 0.3) is 83.9 Å². The fraction of sp³-hybridized carbons (Fsp3) is 0.140. The largest absolute Gasteiger partial charge is 2.00 e. The molecule has 0 atom stereocenters. The Morgan fingerprint density at radius 1 is 0.613 bits per heavy atom. The van der Waals surface area contributed by atoms with Crippen LogP contribution in [-0.4, -0.2) is 14.5 Å². The van der Waals surface area contributed by atoms with Gasteiger partial charge in [-0.15, -0.1) is 29.3 Å². The number of pyridine rings is 1. The first-order chi connectivity index (χ1) is 30.7. The molecule has 7 aromatic carbocycles. The van der Waals surface area contributed by atoms with Gasteiger partial charge in [0.05, 0.1) is 28.0 Å². The van der Waals surface area contributed by atoms with E-state index >= 15 is 0 Å². The van der Waals surface area contributed by atoms with Crippen molar-refractivity contribution in [2.75, 3.05) is 0 Å². The molecule has 0 N–H and O–H groups in total. The summed E-state index contributed by atoms with van der Waals surface area (Å²) < 4.78 is 34.5. The topological polar surface area (TPSA) is 39.9 Å². The SMILES string of the molecule is [2H]C([2H])([2H])c1cc(-c2ccccc2)c(-n2c(-c3cc(C)cc(C)c3O[CH2-])nc3c(-c4[c-]c(-c5cc(-c6ccc(C)cc6)ccn5)cc(C(C)(C)C)c4)cccc32)cc1-c1ccccc1.[Pt+2]. The molecule has 0 bridgehead atoms. The van der Waals surface area contributed by atoms with Crippen molar-refractivity contribution in [1.82, 2.24) is 14.5 Å². The molecule has 0 unspecified atom stereocenters. The molecule has 4 nitrogen and oxygen atoms in total. The number of ether oxygens (including phenoxy) is 1. The van der Waals surface area contributed by atoms with Gasteiger partial charge in [-0.25, -0.2) is 4.98 Å². The first kappa shape index (κ1) is 38.6. The fourth-order valence-electron chi connectivity index (χ4n) is 8.32. The van der Waals surface area contributed by atoms with Gasteiger partial charge >= 0.3 is 21.1 Å². The maximum absolute atomic E-state index is 8.79. The average molecular weight is 990 g/mol. The van der Waals surface area contributed by atoms with Crippen molar-refractivity contribution >= 4 is 11.0 Å². The van der Waals surface area contributed by atoms with Crippen molar-refractivity contribution in [3.05, 3.63) is 199 Å². The van der Waals surface area contributed by atoms with E-state index < -0.39 is 6.85 Å². The molecule has 9 aromatic rings. The third-order valence-electron chi connectivity index (χ3n) is 11.5. The molecule has 0 fully saturated rings. The van der Waals surface area contributed by atoms with Crippen LogP contribution in [-0.2, 0) is 26.5 Å². The number of imidazole rings is 1. The van der Waals surface area contributed by atoms with Crippen LogP contribution >= 0.6 is 0 Å². The number of hydrogen-bond acceptors (Lipinski definition) is 3. The molecule has 0 radical (unpaired) electrons. The van der Waals surface area contributed by atoms with Gasteiger partial charge in [0.15, 0.2) is 0 Å². The van der Waals surface area contributed by atoms with Crippen molar-refractivity contribution in [3.8, 4) is 78.6 Å². The van der Waals surface area contributed by atoms with Crippen molar-refractivity contribution in [3.63, 3.8) is 0 Å². The molecule has 9 rings (SSSR count). The summed E-state index contributed by atoms with van der Waals surface area (Å²) >= 11 is 0. The zero-order chi connectivity index (χ0) is 44.9. The number of aromatic nitrogens is 3. The molecule has 0 aliphatic carbocycles. The second kappa shape index (κ2) is 17.2. The van der Waals surface area contributed by atoms with Crippen molar-refractivity contribution in [2.45, 2.75) is 53.8 Å². The molecule has 62 heavy (non-hydrogen) atoms. The standard InChI is InChI=1S/C57H49N3O.Pt/c1-36-22-24-40(25-23-36)43-26-27-58-51(34-43)45-31-44(32-46(33-45)57(5,6)7)47-20-15-21-52-54(47)59-56(50-29-37(2)28-39(4)55(50)61-8)60(52)53-35-48(41-16-11-9-12-17-41)38(3)30-49(53)42-18-13-10-14-19-42;/h9-30,32-35H,8H2,1-7H3;/q-2;+2/i3D3;. The zero-order valence-electron chi connectivity index (χ0n) is 38.8. The van der Waals surface area contributed by atoms with E-state index in [4.69, 9.17) is 18.8 Å². The summed E-state index contributed by atoms with van der Waals surface area (Å²) in [6.45, 7) is 10.4. The molecular formula is C57H49N3OPt. The van der Waals surface area contributed by atoms with Crippen LogP contribution in [0, 0.1) is 40.8 Å². The maximum atomic E-state index is 8.79. The zero-order valence-corrected chi connectivity index (χ0v) is 38.1. The summed E-state index contributed by atoms with van der Waals surface area (Å²) in [7, 11) is 3.90. The molecule has 0 aliphatic rings. The van der Waals surface area contributed by atoms with Gasteiger partial charge in [0.2, 0.25) is 0 Å². The molecule has 0 amide bonds. The summed E-state index contributed by atoms with van der Waals surface area (Å²) in [6.07, 6.45) is 1.87. The van der Waals surface area contributed by atoms with Crippen molar-refractivity contribution in [2.24, 2.45) is 0 Å². The number of hydrogen-bond donors (Lipinski definition) is 0. The van der Waals surface area contributed by atoms with Gasteiger partial charge in [0.1, 0.15) is 5.82 Å². The van der Waals surface area contributed by atoms with Gasteiger partial charge in [0, 0.05) is 21.6 Å². The van der Waals surface area contributed by atoms with Crippen LogP contribution in [0.1, 0.15) is 52.7 Å². The van der Waals surface area contributed by atoms with Crippen LogP contribution in [0.15, 0.2) is 158 Å². The Labute approximate surface area is 384 Å². The summed E-state index contributed by atoms with van der Waals surface area (Å²) in [6, 6.07) is 54.9. The molecule has 2 heterocycles. The third-order valence-corrected chi connectivity index (χ3v) is 11.5. The summed E-state index contributed by atoms with van der Waals surface area (Å²) in [5.74, 6) is 1.24. The molecule has 308 valence electrons. The van der Waals surface area contributed by atoms with Gasteiger partial charge in [-0.2, -0.15) is 7.11 Å². The van der Waals surface area contributed by atoms with Gasteiger partial charge in [-0.05, 0) is 108 Å². The minimum Gasteiger partial charge on any atom is -0.665 e. The van der Waals surface area contributed by atoms with Gasteiger partial charge in [-0.1, -0.05) is 147 Å². The first-order valence-electron chi connectivity index (χ1n) is 22.1. The number of nitrogens with zero attached hydrogens (tertiary/aromatic N) is 3. The van der Waals surface area contributed by atoms with Crippen LogP contribution in [0.2, 0.25) is 0 Å². The monoisotopic (exact) mass is 989 g/mol. The minimum absolute atomic E-state index is 0. The molecule has 0 saturated carbocycles. The Bertz CT molecular complexity index is 3190. The second-order valence-electron chi connectivity index (χ2n) is 16.9. The normalized spacial score (nSPS) is 12.3. The Kier molecular flexibility index (Phi) is 10.7. The fourth-order valence-corrected chi connectivity index (χ4v) is 8.32. The van der Waals surface area contributed by atoms with Crippen LogP contribution in [0.5, 0.6) is 5.75 Å². The number of para-hydroxylation sites is 1. The summed E-state index contributed by atoms with van der Waals surface area (Å²) in [5, 5.41) is 0. The quantitative estimate of drug-likeness (QED) is 0.142. The van der Waals surface area contributed by atoms with Gasteiger partial charge in [0.25, 0.3) is 0 Å². The van der Waals surface area contributed by atoms with E-state index in [0.717, 1.165) is 89.2 Å². The summed E-state index contributed by atoms with van der Waals surface area (Å²) in [5.41, 5.74) is 16.2. The van der Waals surface area contributed by atoms with E-state index in [1.54, 1.807) is 0 Å². The van der Waals surface area contributed by atoms with E-state index in [2.05, 4.69) is 125 Å². The molecule has 2 aromatic heterocycles. The van der Waals surface area contributed by atoms with Crippen LogP contribution in [0.4, 0.5) is 0 Å². The predicted molar refractivity (Wildman–Crippen MR) is 254 cm³/mol. The number of aryl methyl sites for hydroxylation is 4. The molecule has 0 spiro atoms. The van der Waals surface area contributed by atoms with E-state index in [1.165, 1.54) is 5.56 Å². The van der Waals surface area contributed by atoms with Crippen LogP contribution < -0.4 is 4.74 Å². The van der Waals surface area contributed by atoms with E-state index in [1.807, 2.05) is 92.0 Å². The second-order valence-corrected chi connectivity index (χ2v) is 16.9. The molecular weight excluding hydrogens is 938 g/mol. The Balaban J connectivity index is 0.00000576. The van der Waals surface area contributed by atoms with Crippen molar-refractivity contribution < 1.29 is 29.9 Å². The van der Waals surface area contributed by atoms with E-state index in [9.17, 15) is 0 Å². The third kappa shape index (κ3) is 8.08. The van der Waals surface area contributed by atoms with Crippen LogP contribution in [0.3, 0.4) is 0 Å². The predicted octanol–water partition coefficient (Wildman–Crippen LogP) is 14.9. The smallest absolute Gasteiger partial charge is 0.665 e. The number of benzene rings is 7. The Morgan fingerprint density at radius 2 is 1.31 bits per heavy atom. The molecule has 0 aliphatic heterocycles. The van der Waals surface area contributed by atoms with Crippen molar-refractivity contribution in [1.29, 1.82) is 0 Å². The Hall–Kier alpha value is -6.35. The minimum atomic E-state index is -2.40. The maximum Gasteiger partial charge on any atom is 2.00 e. The number of rotatable bonds is 8. The van der Waals surface area contributed by atoms with Gasteiger partial charge in [-0.3, -0.25) is 9.55 Å². The average Bonchev–Trinajstić information content (AvgIpc) is 3.68. The number of fused-ring (bicyclic) bond motifs is 1. The van der Waals surface area contributed by atoms with E-state index in [-0.39, 0.29) is 32.0 Å². The Morgan fingerprint density at radius 3 is 1.98 bits per heavy atom. The molecule has 5 heteroatoms. The van der Waals surface area contributed by atoms with Gasteiger partial charge < -0.3 is 4.74 Å².